The average Bonchev–Trinajstić information content (AvgIpc) is 3.22. The van der Waals surface area contributed by atoms with Crippen molar-refractivity contribution in [1.82, 2.24) is 20.8 Å². The molecule has 0 saturated carbocycles. The van der Waals surface area contributed by atoms with Gasteiger partial charge >= 0.3 is 0 Å². The van der Waals surface area contributed by atoms with E-state index >= 15 is 0 Å². The Morgan fingerprint density at radius 3 is 2.61 bits per heavy atom. The molecule has 0 saturated heterocycles. The van der Waals surface area contributed by atoms with Crippen molar-refractivity contribution in [2.45, 2.75) is 39.8 Å². The van der Waals surface area contributed by atoms with Gasteiger partial charge in [0.1, 0.15) is 11.6 Å². The van der Waals surface area contributed by atoms with Crippen molar-refractivity contribution >= 4 is 29.9 Å². The fourth-order valence-electron chi connectivity index (χ4n) is 2.60. The van der Waals surface area contributed by atoms with Gasteiger partial charge in [-0.3, -0.25) is 0 Å². The molecule has 0 unspecified atom stereocenters. The van der Waals surface area contributed by atoms with Crippen LogP contribution in [0.4, 0.5) is 4.39 Å². The topological polar surface area (TPSA) is 84.6 Å². The summed E-state index contributed by atoms with van der Waals surface area (Å²) in [6.07, 6.45) is 1.66. The van der Waals surface area contributed by atoms with Crippen LogP contribution in [-0.2, 0) is 13.1 Å². The first-order valence-corrected chi connectivity index (χ1v) is 9.89. The Kier molecular flexibility index (Phi) is 9.70. The summed E-state index contributed by atoms with van der Waals surface area (Å²) in [7, 11) is 0. The van der Waals surface area contributed by atoms with Gasteiger partial charge in [0.15, 0.2) is 11.7 Å². The van der Waals surface area contributed by atoms with E-state index in [2.05, 4.69) is 39.6 Å². The van der Waals surface area contributed by atoms with Gasteiger partial charge in [-0.2, -0.15) is 0 Å². The Labute approximate surface area is 198 Å². The lowest BCUT2D eigenvalue weighted by molar-refractivity contribution is 0.372. The maximum Gasteiger partial charge on any atom is 0.219 e. The zero-order valence-corrected chi connectivity index (χ0v) is 20.1. The first kappa shape index (κ1) is 24.6. The highest BCUT2D eigenvalue weighted by Gasteiger charge is 2.08. The molecule has 0 fully saturated rings. The highest BCUT2D eigenvalue weighted by atomic mass is 127. The number of ether oxygens (including phenoxy) is 1. The number of nitrogens with one attached hydrogen (secondary N) is 2. The van der Waals surface area contributed by atoms with Gasteiger partial charge in [-0.25, -0.2) is 14.4 Å². The molecule has 9 heteroatoms. The molecule has 0 atom stereocenters. The van der Waals surface area contributed by atoms with Gasteiger partial charge in [-0.1, -0.05) is 19.0 Å². The van der Waals surface area contributed by atoms with E-state index < -0.39 is 0 Å². The molecule has 0 amide bonds. The van der Waals surface area contributed by atoms with Crippen LogP contribution in [0.3, 0.4) is 0 Å². The third-order valence-electron chi connectivity index (χ3n) is 4.20. The summed E-state index contributed by atoms with van der Waals surface area (Å²) in [6.45, 7) is 7.80. The van der Waals surface area contributed by atoms with Crippen molar-refractivity contribution in [3.63, 3.8) is 0 Å². The van der Waals surface area contributed by atoms with Crippen molar-refractivity contribution in [1.29, 1.82) is 0 Å². The maximum atomic E-state index is 13.0. The van der Waals surface area contributed by atoms with E-state index in [-0.39, 0.29) is 29.8 Å². The molecule has 1 aromatic carbocycles. The summed E-state index contributed by atoms with van der Waals surface area (Å²) in [6, 6.07) is 11.4. The predicted molar refractivity (Wildman–Crippen MR) is 128 cm³/mol. The SMILES string of the molecule is CCNC(=NCc1ccnc(Oc2ccc(F)cc2)c1)NCc1cc(C(C)C)no1.I. The van der Waals surface area contributed by atoms with Gasteiger partial charge in [0.25, 0.3) is 0 Å². The largest absolute Gasteiger partial charge is 0.439 e. The van der Waals surface area contributed by atoms with Gasteiger partial charge in [0.2, 0.25) is 5.88 Å². The van der Waals surface area contributed by atoms with Crippen LogP contribution in [0.15, 0.2) is 58.2 Å². The molecule has 0 aliphatic heterocycles. The van der Waals surface area contributed by atoms with Crippen LogP contribution in [0.2, 0.25) is 0 Å². The highest BCUT2D eigenvalue weighted by Crippen LogP contribution is 2.20. The number of hydrogen-bond acceptors (Lipinski definition) is 5. The van der Waals surface area contributed by atoms with Crippen LogP contribution in [0.25, 0.3) is 0 Å². The standard InChI is InChI=1S/C22H26FN5O2.HI/c1-4-24-22(27-14-19-12-20(15(2)3)28-30-19)26-13-16-9-10-25-21(11-16)29-18-7-5-17(23)6-8-18;/h5-12,15H,4,13-14H2,1-3H3,(H2,24,26,27);1H. The normalized spacial score (nSPS) is 11.2. The molecule has 0 bridgehead atoms. The van der Waals surface area contributed by atoms with Crippen molar-refractivity contribution in [2.75, 3.05) is 6.54 Å². The van der Waals surface area contributed by atoms with Crippen LogP contribution in [0, 0.1) is 5.82 Å². The molecule has 7 nitrogen and oxygen atoms in total. The zero-order valence-electron chi connectivity index (χ0n) is 17.8. The summed E-state index contributed by atoms with van der Waals surface area (Å²) in [5, 5.41) is 10.5. The van der Waals surface area contributed by atoms with Crippen LogP contribution in [0.1, 0.15) is 43.7 Å². The van der Waals surface area contributed by atoms with Gasteiger partial charge in [-0.15, -0.1) is 24.0 Å². The van der Waals surface area contributed by atoms with E-state index in [1.54, 1.807) is 18.3 Å². The molecule has 2 N–H and O–H groups in total. The number of benzene rings is 1. The number of hydrogen-bond donors (Lipinski definition) is 2. The second kappa shape index (κ2) is 12.2. The first-order valence-electron chi connectivity index (χ1n) is 9.89. The maximum absolute atomic E-state index is 13.0. The summed E-state index contributed by atoms with van der Waals surface area (Å²) in [5.41, 5.74) is 1.86. The third kappa shape index (κ3) is 7.82. The minimum Gasteiger partial charge on any atom is -0.439 e. The lowest BCUT2D eigenvalue weighted by atomic mass is 10.1. The summed E-state index contributed by atoms with van der Waals surface area (Å²) in [5.74, 6) is 2.37. The number of pyridine rings is 1. The van der Waals surface area contributed by atoms with Gasteiger partial charge in [0, 0.05) is 24.9 Å². The van der Waals surface area contributed by atoms with Crippen molar-refractivity contribution < 1.29 is 13.7 Å². The lowest BCUT2D eigenvalue weighted by Gasteiger charge is -2.10. The number of aromatic nitrogens is 2. The van der Waals surface area contributed by atoms with Crippen LogP contribution in [-0.4, -0.2) is 22.6 Å². The van der Waals surface area contributed by atoms with Crippen LogP contribution >= 0.6 is 24.0 Å². The molecule has 31 heavy (non-hydrogen) atoms. The van der Waals surface area contributed by atoms with E-state index in [1.807, 2.05) is 25.1 Å². The monoisotopic (exact) mass is 539 g/mol. The van der Waals surface area contributed by atoms with E-state index in [9.17, 15) is 4.39 Å². The molecular weight excluding hydrogens is 512 g/mol. The molecule has 0 aliphatic carbocycles. The molecule has 0 radical (unpaired) electrons. The molecule has 2 heterocycles. The lowest BCUT2D eigenvalue weighted by Crippen LogP contribution is -2.36. The number of rotatable bonds is 8. The second-order valence-corrected chi connectivity index (χ2v) is 6.98. The third-order valence-corrected chi connectivity index (χ3v) is 4.20. The van der Waals surface area contributed by atoms with Crippen molar-refractivity contribution in [3.05, 3.63) is 71.5 Å². The van der Waals surface area contributed by atoms with Crippen LogP contribution < -0.4 is 15.4 Å². The fourth-order valence-corrected chi connectivity index (χ4v) is 2.60. The van der Waals surface area contributed by atoms with Gasteiger partial charge in [-0.05, 0) is 48.7 Å². The molecule has 3 rings (SSSR count). The zero-order chi connectivity index (χ0) is 21.3. The summed E-state index contributed by atoms with van der Waals surface area (Å²) >= 11 is 0. The highest BCUT2D eigenvalue weighted by molar-refractivity contribution is 14.0. The van der Waals surface area contributed by atoms with Gasteiger partial charge < -0.3 is 19.9 Å². The number of halogens is 2. The Hall–Kier alpha value is -2.69. The number of guanidine groups is 1. The van der Waals surface area contributed by atoms with Gasteiger partial charge in [0.05, 0.1) is 18.8 Å². The van der Waals surface area contributed by atoms with Crippen LogP contribution in [0.5, 0.6) is 11.6 Å². The quantitative estimate of drug-likeness (QED) is 0.238. The summed E-state index contributed by atoms with van der Waals surface area (Å²) in [4.78, 5) is 8.80. The molecular formula is C22H27FIN5O2. The van der Waals surface area contributed by atoms with E-state index in [0.29, 0.717) is 36.6 Å². The second-order valence-electron chi connectivity index (χ2n) is 6.98. The Morgan fingerprint density at radius 1 is 1.16 bits per heavy atom. The number of nitrogens with zero attached hydrogens (tertiary/aromatic N) is 3. The Balaban J connectivity index is 0.00000341. The Morgan fingerprint density at radius 2 is 1.94 bits per heavy atom. The van der Waals surface area contributed by atoms with E-state index in [4.69, 9.17) is 9.26 Å². The number of aliphatic imine (C=N–C) groups is 1. The first-order chi connectivity index (χ1) is 14.5. The average molecular weight is 539 g/mol. The molecule has 0 spiro atoms. The molecule has 0 aliphatic rings. The smallest absolute Gasteiger partial charge is 0.219 e. The van der Waals surface area contributed by atoms with Crippen molar-refractivity contribution in [2.24, 2.45) is 4.99 Å². The molecule has 2 aromatic heterocycles. The Bertz CT molecular complexity index is 976. The van der Waals surface area contributed by atoms with E-state index in [0.717, 1.165) is 23.6 Å². The summed E-state index contributed by atoms with van der Waals surface area (Å²) < 4.78 is 24.1. The predicted octanol–water partition coefficient (Wildman–Crippen LogP) is 5.00. The van der Waals surface area contributed by atoms with Crippen molar-refractivity contribution in [3.8, 4) is 11.6 Å². The fraction of sp³-hybridized carbons (Fsp3) is 0.318. The molecule has 166 valence electrons. The minimum atomic E-state index is -0.312. The minimum absolute atomic E-state index is 0. The molecule has 3 aromatic rings. The van der Waals surface area contributed by atoms with E-state index in [1.165, 1.54) is 12.1 Å².